The first kappa shape index (κ1) is 14.7. The average molecular weight is 250 g/mol. The second-order valence-corrected chi connectivity index (χ2v) is 4.81. The number of allylic oxidation sites excluding steroid dienone is 3. The maximum absolute atomic E-state index is 11.5. The molecule has 1 aliphatic carbocycles. The molecular formula is C15H22O3. The van der Waals surface area contributed by atoms with Crippen LogP contribution in [-0.4, -0.2) is 18.4 Å². The fourth-order valence-electron chi connectivity index (χ4n) is 2.18. The van der Waals surface area contributed by atoms with Gasteiger partial charge in [-0.3, -0.25) is 4.79 Å². The van der Waals surface area contributed by atoms with Crippen molar-refractivity contribution in [1.82, 2.24) is 0 Å². The molecule has 3 nitrogen and oxygen atoms in total. The van der Waals surface area contributed by atoms with Crippen LogP contribution >= 0.6 is 0 Å². The Bertz CT molecular complexity index is 366. The topological polar surface area (TPSA) is 43.4 Å². The highest BCUT2D eigenvalue weighted by Gasteiger charge is 2.25. The number of hydrogen-bond acceptors (Lipinski definition) is 3. The van der Waals surface area contributed by atoms with Crippen LogP contribution in [0.1, 0.15) is 40.0 Å². The smallest absolute Gasteiger partial charge is 0.333 e. The van der Waals surface area contributed by atoms with Gasteiger partial charge in [0.15, 0.2) is 5.78 Å². The number of carbonyl (C=O) groups excluding carboxylic acids is 2. The van der Waals surface area contributed by atoms with Crippen LogP contribution in [0.2, 0.25) is 0 Å². The number of ether oxygens (including phenoxy) is 1. The van der Waals surface area contributed by atoms with Crippen LogP contribution in [-0.2, 0) is 14.3 Å². The summed E-state index contributed by atoms with van der Waals surface area (Å²) in [5, 5.41) is 0. The van der Waals surface area contributed by atoms with Crippen molar-refractivity contribution in [2.45, 2.75) is 40.0 Å². The van der Waals surface area contributed by atoms with E-state index in [4.69, 9.17) is 4.74 Å². The van der Waals surface area contributed by atoms with Crippen molar-refractivity contribution >= 4 is 11.8 Å². The molecule has 100 valence electrons. The molecule has 0 bridgehead atoms. The standard InChI is InChI=1S/C15H22O3/c1-4-18-15(17)12(3)8-5-7-11(2)13-9-6-10-14(13)16/h6,8,10-11,13H,4-5,7,9H2,1-3H3/b12-8+. The zero-order valence-electron chi connectivity index (χ0n) is 11.4. The minimum Gasteiger partial charge on any atom is -0.463 e. The van der Waals surface area contributed by atoms with Gasteiger partial charge in [-0.15, -0.1) is 0 Å². The monoisotopic (exact) mass is 250 g/mol. The highest BCUT2D eigenvalue weighted by molar-refractivity contribution is 5.94. The summed E-state index contributed by atoms with van der Waals surface area (Å²) in [7, 11) is 0. The first-order chi connectivity index (χ1) is 8.56. The van der Waals surface area contributed by atoms with Gasteiger partial charge in [0.2, 0.25) is 0 Å². The van der Waals surface area contributed by atoms with Gasteiger partial charge in [0.1, 0.15) is 0 Å². The fourth-order valence-corrected chi connectivity index (χ4v) is 2.18. The third kappa shape index (κ3) is 4.13. The Hall–Kier alpha value is -1.38. The van der Waals surface area contributed by atoms with Crippen molar-refractivity contribution in [3.8, 4) is 0 Å². The van der Waals surface area contributed by atoms with E-state index in [1.165, 1.54) is 0 Å². The lowest BCUT2D eigenvalue weighted by atomic mass is 9.87. The average Bonchev–Trinajstić information content (AvgIpc) is 2.75. The van der Waals surface area contributed by atoms with Gasteiger partial charge >= 0.3 is 5.97 Å². The molecule has 0 saturated heterocycles. The normalized spacial score (nSPS) is 21.2. The van der Waals surface area contributed by atoms with E-state index in [-0.39, 0.29) is 17.7 Å². The highest BCUT2D eigenvalue weighted by atomic mass is 16.5. The number of hydrogen-bond donors (Lipinski definition) is 0. The van der Waals surface area contributed by atoms with Gasteiger partial charge in [0.25, 0.3) is 0 Å². The van der Waals surface area contributed by atoms with E-state index >= 15 is 0 Å². The lowest BCUT2D eigenvalue weighted by Crippen LogP contribution is -2.16. The summed E-state index contributed by atoms with van der Waals surface area (Å²) in [5.74, 6) is 0.498. The predicted molar refractivity (Wildman–Crippen MR) is 71.0 cm³/mol. The molecule has 3 heteroatoms. The Kier molecular flexibility index (Phi) is 5.83. The van der Waals surface area contributed by atoms with E-state index in [2.05, 4.69) is 6.92 Å². The molecule has 1 rings (SSSR count). The Labute approximate surface area is 109 Å². The molecular weight excluding hydrogens is 228 g/mol. The van der Waals surface area contributed by atoms with Crippen LogP contribution in [0, 0.1) is 11.8 Å². The van der Waals surface area contributed by atoms with Crippen molar-refractivity contribution in [1.29, 1.82) is 0 Å². The molecule has 0 aromatic heterocycles. The summed E-state index contributed by atoms with van der Waals surface area (Å²) in [6, 6.07) is 0. The third-order valence-corrected chi connectivity index (χ3v) is 3.39. The van der Waals surface area contributed by atoms with Crippen LogP contribution in [0.25, 0.3) is 0 Å². The number of esters is 1. The third-order valence-electron chi connectivity index (χ3n) is 3.39. The summed E-state index contributed by atoms with van der Waals surface area (Å²) in [6.45, 7) is 6.07. The first-order valence-electron chi connectivity index (χ1n) is 6.60. The van der Waals surface area contributed by atoms with Crippen molar-refractivity contribution in [3.05, 3.63) is 23.8 Å². The second kappa shape index (κ2) is 7.14. The molecule has 0 aliphatic heterocycles. The SMILES string of the molecule is CCOC(=O)/C(C)=C/CCC(C)C1CC=CC1=O. The van der Waals surface area contributed by atoms with Crippen molar-refractivity contribution in [3.63, 3.8) is 0 Å². The van der Waals surface area contributed by atoms with Gasteiger partial charge in [0, 0.05) is 11.5 Å². The predicted octanol–water partition coefficient (Wildman–Crippen LogP) is 3.06. The molecule has 0 amide bonds. The van der Waals surface area contributed by atoms with Crippen LogP contribution in [0.5, 0.6) is 0 Å². The van der Waals surface area contributed by atoms with E-state index in [0.717, 1.165) is 19.3 Å². The zero-order chi connectivity index (χ0) is 13.5. The molecule has 0 N–H and O–H groups in total. The van der Waals surface area contributed by atoms with E-state index in [9.17, 15) is 9.59 Å². The van der Waals surface area contributed by atoms with E-state index in [1.807, 2.05) is 12.2 Å². The highest BCUT2D eigenvalue weighted by Crippen LogP contribution is 2.26. The Morgan fingerprint density at radius 3 is 2.89 bits per heavy atom. The Balaban J connectivity index is 2.34. The molecule has 18 heavy (non-hydrogen) atoms. The van der Waals surface area contributed by atoms with E-state index < -0.39 is 0 Å². The van der Waals surface area contributed by atoms with Crippen LogP contribution in [0.3, 0.4) is 0 Å². The Morgan fingerprint density at radius 2 is 2.33 bits per heavy atom. The molecule has 0 spiro atoms. The maximum atomic E-state index is 11.5. The lowest BCUT2D eigenvalue weighted by molar-refractivity contribution is -0.138. The lowest BCUT2D eigenvalue weighted by Gasteiger charge is -2.16. The van der Waals surface area contributed by atoms with Crippen LogP contribution < -0.4 is 0 Å². The van der Waals surface area contributed by atoms with Gasteiger partial charge in [0.05, 0.1) is 6.61 Å². The van der Waals surface area contributed by atoms with Gasteiger partial charge < -0.3 is 4.74 Å². The second-order valence-electron chi connectivity index (χ2n) is 4.81. The maximum Gasteiger partial charge on any atom is 0.333 e. The first-order valence-corrected chi connectivity index (χ1v) is 6.60. The molecule has 0 radical (unpaired) electrons. The minimum absolute atomic E-state index is 0.140. The van der Waals surface area contributed by atoms with Gasteiger partial charge in [-0.25, -0.2) is 4.79 Å². The van der Waals surface area contributed by atoms with Crippen LogP contribution in [0.4, 0.5) is 0 Å². The van der Waals surface area contributed by atoms with Crippen molar-refractivity contribution in [2.24, 2.45) is 11.8 Å². The quantitative estimate of drug-likeness (QED) is 0.537. The van der Waals surface area contributed by atoms with Gasteiger partial charge in [-0.2, -0.15) is 0 Å². The summed E-state index contributed by atoms with van der Waals surface area (Å²) in [4.78, 5) is 22.9. The fraction of sp³-hybridized carbons (Fsp3) is 0.600. The molecule has 0 aromatic rings. The van der Waals surface area contributed by atoms with Gasteiger partial charge in [-0.05, 0) is 45.1 Å². The van der Waals surface area contributed by atoms with E-state index in [0.29, 0.717) is 18.1 Å². The zero-order valence-corrected chi connectivity index (χ0v) is 11.4. The molecule has 2 unspecified atom stereocenters. The summed E-state index contributed by atoms with van der Waals surface area (Å²) >= 11 is 0. The largest absolute Gasteiger partial charge is 0.463 e. The van der Waals surface area contributed by atoms with E-state index in [1.54, 1.807) is 19.9 Å². The Morgan fingerprint density at radius 1 is 1.61 bits per heavy atom. The minimum atomic E-state index is -0.247. The summed E-state index contributed by atoms with van der Waals surface area (Å²) in [5.41, 5.74) is 0.653. The number of ketones is 1. The molecule has 1 aliphatic rings. The van der Waals surface area contributed by atoms with Crippen molar-refractivity contribution < 1.29 is 14.3 Å². The number of rotatable bonds is 6. The van der Waals surface area contributed by atoms with Crippen LogP contribution in [0.15, 0.2) is 23.8 Å². The molecule has 2 atom stereocenters. The number of carbonyl (C=O) groups is 2. The summed E-state index contributed by atoms with van der Waals surface area (Å²) < 4.78 is 4.91. The molecule has 0 fully saturated rings. The van der Waals surface area contributed by atoms with Crippen molar-refractivity contribution in [2.75, 3.05) is 6.61 Å². The molecule has 0 heterocycles. The van der Waals surface area contributed by atoms with Gasteiger partial charge in [-0.1, -0.05) is 19.1 Å². The summed E-state index contributed by atoms with van der Waals surface area (Å²) in [6.07, 6.45) is 8.14. The molecule has 0 saturated carbocycles. The molecule has 0 aromatic carbocycles.